The quantitative estimate of drug-likeness (QED) is 0.658. The monoisotopic (exact) mass is 350 g/mol. The molecule has 1 N–H and O–H groups in total. The van der Waals surface area contributed by atoms with Gasteiger partial charge >= 0.3 is 5.97 Å². The van der Waals surface area contributed by atoms with Gasteiger partial charge in [-0.05, 0) is 37.4 Å². The van der Waals surface area contributed by atoms with Crippen molar-refractivity contribution in [1.82, 2.24) is 4.98 Å². The van der Waals surface area contributed by atoms with Crippen LogP contribution in [0.2, 0.25) is 5.02 Å². The molecule has 0 aliphatic carbocycles. The fraction of sp³-hybridized carbons (Fsp3) is 0.188. The second-order valence-corrected chi connectivity index (χ2v) is 5.88. The molecule has 23 heavy (non-hydrogen) atoms. The number of nitrogens with zero attached hydrogens (tertiary/aromatic N) is 1. The summed E-state index contributed by atoms with van der Waals surface area (Å²) in [6, 6.07) is 10.3. The topological polar surface area (TPSA) is 68.3 Å². The fourth-order valence-electron chi connectivity index (χ4n) is 1.77. The smallest absolute Gasteiger partial charge is 0.340 e. The number of amides is 1. The molecule has 1 aromatic carbocycles. The molecule has 1 heterocycles. The van der Waals surface area contributed by atoms with Gasteiger partial charge in [0.15, 0.2) is 6.10 Å². The van der Waals surface area contributed by atoms with Crippen LogP contribution in [-0.4, -0.2) is 29.2 Å². The predicted molar refractivity (Wildman–Crippen MR) is 91.0 cm³/mol. The summed E-state index contributed by atoms with van der Waals surface area (Å²) in [5, 5.41) is 3.03. The Kier molecular flexibility index (Phi) is 6.01. The Balaban J connectivity index is 2.00. The number of pyridine rings is 1. The summed E-state index contributed by atoms with van der Waals surface area (Å²) in [6.07, 6.45) is 2.34. The lowest BCUT2D eigenvalue weighted by Gasteiger charge is -2.14. The second kappa shape index (κ2) is 7.99. The minimum absolute atomic E-state index is 0.340. The number of halogens is 1. The summed E-state index contributed by atoms with van der Waals surface area (Å²) < 4.78 is 5.22. The number of hydrogen-bond donors (Lipinski definition) is 1. The van der Waals surface area contributed by atoms with Crippen LogP contribution in [-0.2, 0) is 9.53 Å². The first-order chi connectivity index (χ1) is 11.0. The summed E-state index contributed by atoms with van der Waals surface area (Å²) in [6.45, 7) is 1.50. The van der Waals surface area contributed by atoms with Crippen molar-refractivity contribution in [2.45, 2.75) is 17.9 Å². The number of esters is 1. The van der Waals surface area contributed by atoms with Gasteiger partial charge in [-0.2, -0.15) is 0 Å². The maximum absolute atomic E-state index is 12.2. The number of aromatic nitrogens is 1. The second-order valence-electron chi connectivity index (χ2n) is 4.60. The molecule has 0 aliphatic heterocycles. The van der Waals surface area contributed by atoms with E-state index in [9.17, 15) is 9.59 Å². The molecular weight excluding hydrogens is 336 g/mol. The normalized spacial score (nSPS) is 11.6. The minimum atomic E-state index is -0.949. The molecule has 1 atom stereocenters. The fourth-order valence-corrected chi connectivity index (χ4v) is 2.47. The number of hydrogen-bond acceptors (Lipinski definition) is 5. The van der Waals surface area contributed by atoms with Crippen LogP contribution in [0.25, 0.3) is 0 Å². The zero-order valence-electron chi connectivity index (χ0n) is 12.6. The SMILES string of the molecule is CSc1ccccc1C(=O)O[C@@H](C)C(=O)Nc1ccc(Cl)cn1. The third kappa shape index (κ3) is 4.71. The van der Waals surface area contributed by atoms with Crippen LogP contribution in [0.1, 0.15) is 17.3 Å². The van der Waals surface area contributed by atoms with Gasteiger partial charge in [0, 0.05) is 11.1 Å². The van der Waals surface area contributed by atoms with Crippen molar-refractivity contribution in [2.24, 2.45) is 0 Å². The van der Waals surface area contributed by atoms with E-state index in [1.807, 2.05) is 18.4 Å². The molecule has 0 saturated carbocycles. The molecule has 7 heteroatoms. The van der Waals surface area contributed by atoms with Crippen LogP contribution in [0.5, 0.6) is 0 Å². The summed E-state index contributed by atoms with van der Waals surface area (Å²) in [5.74, 6) is -0.664. The lowest BCUT2D eigenvalue weighted by atomic mass is 10.2. The number of benzene rings is 1. The number of ether oxygens (including phenoxy) is 1. The predicted octanol–water partition coefficient (Wildman–Crippen LogP) is 3.64. The van der Waals surface area contributed by atoms with E-state index in [-0.39, 0.29) is 0 Å². The summed E-state index contributed by atoms with van der Waals surface area (Å²) in [7, 11) is 0. The first-order valence-corrected chi connectivity index (χ1v) is 8.38. The maximum atomic E-state index is 12.2. The van der Waals surface area contributed by atoms with Gasteiger partial charge in [-0.1, -0.05) is 23.7 Å². The van der Waals surface area contributed by atoms with E-state index in [2.05, 4.69) is 10.3 Å². The van der Waals surface area contributed by atoms with E-state index in [0.29, 0.717) is 16.4 Å². The number of rotatable bonds is 5. The van der Waals surface area contributed by atoms with E-state index in [0.717, 1.165) is 4.90 Å². The van der Waals surface area contributed by atoms with Gasteiger partial charge in [0.05, 0.1) is 10.6 Å². The maximum Gasteiger partial charge on any atom is 0.340 e. The van der Waals surface area contributed by atoms with Gasteiger partial charge in [-0.25, -0.2) is 9.78 Å². The van der Waals surface area contributed by atoms with Crippen LogP contribution in [0.3, 0.4) is 0 Å². The Morgan fingerprint density at radius 3 is 2.65 bits per heavy atom. The minimum Gasteiger partial charge on any atom is -0.449 e. The Bertz CT molecular complexity index is 707. The number of anilines is 1. The summed E-state index contributed by atoms with van der Waals surface area (Å²) >= 11 is 7.17. The van der Waals surface area contributed by atoms with Crippen LogP contribution in [0, 0.1) is 0 Å². The van der Waals surface area contributed by atoms with Gasteiger partial charge in [-0.15, -0.1) is 11.8 Å². The van der Waals surface area contributed by atoms with Gasteiger partial charge in [0.2, 0.25) is 0 Å². The lowest BCUT2D eigenvalue weighted by Crippen LogP contribution is -2.30. The Hall–Kier alpha value is -2.05. The summed E-state index contributed by atoms with van der Waals surface area (Å²) in [5.41, 5.74) is 0.435. The molecule has 2 rings (SSSR count). The third-order valence-electron chi connectivity index (χ3n) is 2.96. The van der Waals surface area contributed by atoms with E-state index >= 15 is 0 Å². The van der Waals surface area contributed by atoms with Crippen molar-refractivity contribution < 1.29 is 14.3 Å². The molecular formula is C16H15ClN2O3S. The average Bonchev–Trinajstić information content (AvgIpc) is 2.56. The van der Waals surface area contributed by atoms with Crippen LogP contribution in [0.15, 0.2) is 47.5 Å². The highest BCUT2D eigenvalue weighted by Gasteiger charge is 2.20. The van der Waals surface area contributed by atoms with E-state index in [1.54, 1.807) is 24.3 Å². The lowest BCUT2D eigenvalue weighted by molar-refractivity contribution is -0.123. The number of carbonyl (C=O) groups excluding carboxylic acids is 2. The molecule has 2 aromatic rings. The first kappa shape index (κ1) is 17.3. The van der Waals surface area contributed by atoms with Gasteiger partial charge in [-0.3, -0.25) is 4.79 Å². The molecule has 0 unspecified atom stereocenters. The zero-order chi connectivity index (χ0) is 16.8. The van der Waals surface area contributed by atoms with Crippen molar-refractivity contribution in [3.63, 3.8) is 0 Å². The molecule has 0 fully saturated rings. The first-order valence-electron chi connectivity index (χ1n) is 6.77. The number of carbonyl (C=O) groups is 2. The average molecular weight is 351 g/mol. The molecule has 1 aromatic heterocycles. The van der Waals surface area contributed by atoms with Crippen molar-refractivity contribution in [3.8, 4) is 0 Å². The standard InChI is InChI=1S/C16H15ClN2O3S/c1-10(15(20)19-14-8-7-11(17)9-18-14)22-16(21)12-5-3-4-6-13(12)23-2/h3-10H,1-2H3,(H,18,19,20)/t10-/m0/s1. The molecule has 0 spiro atoms. The highest BCUT2D eigenvalue weighted by atomic mass is 35.5. The van der Waals surface area contributed by atoms with E-state index < -0.39 is 18.0 Å². The zero-order valence-corrected chi connectivity index (χ0v) is 14.1. The number of thioether (sulfide) groups is 1. The highest BCUT2D eigenvalue weighted by Crippen LogP contribution is 2.21. The highest BCUT2D eigenvalue weighted by molar-refractivity contribution is 7.98. The Labute approximate surface area is 143 Å². The molecule has 0 saturated heterocycles. The summed E-state index contributed by atoms with van der Waals surface area (Å²) in [4.78, 5) is 29.0. The Morgan fingerprint density at radius 1 is 1.26 bits per heavy atom. The molecule has 0 aliphatic rings. The molecule has 0 radical (unpaired) electrons. The Morgan fingerprint density at radius 2 is 2.00 bits per heavy atom. The molecule has 0 bridgehead atoms. The third-order valence-corrected chi connectivity index (χ3v) is 3.98. The van der Waals surface area contributed by atoms with E-state index in [4.69, 9.17) is 16.3 Å². The van der Waals surface area contributed by atoms with Crippen LogP contribution in [0.4, 0.5) is 5.82 Å². The van der Waals surface area contributed by atoms with Crippen molar-refractivity contribution in [3.05, 3.63) is 53.2 Å². The van der Waals surface area contributed by atoms with Gasteiger partial charge < -0.3 is 10.1 Å². The van der Waals surface area contributed by atoms with Gasteiger partial charge in [0.1, 0.15) is 5.82 Å². The molecule has 1 amide bonds. The van der Waals surface area contributed by atoms with Gasteiger partial charge in [0.25, 0.3) is 5.91 Å². The van der Waals surface area contributed by atoms with Crippen molar-refractivity contribution >= 4 is 41.1 Å². The van der Waals surface area contributed by atoms with Crippen LogP contribution < -0.4 is 5.32 Å². The number of nitrogens with one attached hydrogen (secondary N) is 1. The molecule has 120 valence electrons. The largest absolute Gasteiger partial charge is 0.449 e. The molecule has 5 nitrogen and oxygen atoms in total. The van der Waals surface area contributed by atoms with Crippen molar-refractivity contribution in [2.75, 3.05) is 11.6 Å². The van der Waals surface area contributed by atoms with E-state index in [1.165, 1.54) is 24.9 Å². The van der Waals surface area contributed by atoms with Crippen LogP contribution >= 0.6 is 23.4 Å². The van der Waals surface area contributed by atoms with Crippen molar-refractivity contribution in [1.29, 1.82) is 0 Å².